The van der Waals surface area contributed by atoms with Crippen LogP contribution >= 0.6 is 0 Å². The minimum absolute atomic E-state index is 0.929. The minimum Gasteiger partial charge on any atom is -0.300 e. The van der Waals surface area contributed by atoms with Crippen molar-refractivity contribution in [3.05, 3.63) is 12.2 Å². The molecule has 1 heterocycles. The van der Waals surface area contributed by atoms with Gasteiger partial charge in [0.2, 0.25) is 0 Å². The van der Waals surface area contributed by atoms with Gasteiger partial charge in [-0.15, -0.1) is 0 Å². The summed E-state index contributed by atoms with van der Waals surface area (Å²) in [6.45, 7) is 6.77. The van der Waals surface area contributed by atoms with E-state index < -0.39 is 0 Å². The molecule has 0 N–H and O–H groups in total. The first-order chi connectivity index (χ1) is 10.3. The highest BCUT2D eigenvalue weighted by molar-refractivity contribution is 5.10. The van der Waals surface area contributed by atoms with Crippen LogP contribution in [0, 0.1) is 29.6 Å². The van der Waals surface area contributed by atoms with E-state index in [4.69, 9.17) is 0 Å². The van der Waals surface area contributed by atoms with Crippen LogP contribution in [0.15, 0.2) is 12.2 Å². The van der Waals surface area contributed by atoms with Gasteiger partial charge in [-0.25, -0.2) is 0 Å². The molecule has 5 rings (SSSR count). The molecule has 116 valence electrons. The number of allylic oxidation sites excluding steroid dienone is 2. The highest BCUT2D eigenvalue weighted by Gasteiger charge is 2.43. The third-order valence-electron chi connectivity index (χ3n) is 7.49. The fourth-order valence-corrected chi connectivity index (χ4v) is 6.37. The Hall–Kier alpha value is -0.340. The zero-order valence-corrected chi connectivity index (χ0v) is 13.3. The van der Waals surface area contributed by atoms with Crippen molar-refractivity contribution >= 4 is 0 Å². The van der Waals surface area contributed by atoms with Gasteiger partial charge in [0.05, 0.1) is 0 Å². The third kappa shape index (κ3) is 2.30. The van der Waals surface area contributed by atoms with Crippen molar-refractivity contribution in [2.75, 3.05) is 32.7 Å². The summed E-state index contributed by atoms with van der Waals surface area (Å²) in [7, 11) is 0. The van der Waals surface area contributed by atoms with Gasteiger partial charge in [-0.05, 0) is 61.7 Å². The third-order valence-corrected chi connectivity index (χ3v) is 7.49. The van der Waals surface area contributed by atoms with Gasteiger partial charge in [0, 0.05) is 38.8 Å². The summed E-state index contributed by atoms with van der Waals surface area (Å²) in [5, 5.41) is 0. The van der Waals surface area contributed by atoms with Gasteiger partial charge in [-0.3, -0.25) is 4.90 Å². The fourth-order valence-electron chi connectivity index (χ4n) is 6.37. The van der Waals surface area contributed by atoms with E-state index in [2.05, 4.69) is 22.0 Å². The molecule has 5 aliphatic rings. The van der Waals surface area contributed by atoms with Gasteiger partial charge < -0.3 is 4.90 Å². The molecule has 0 amide bonds. The topological polar surface area (TPSA) is 6.48 Å². The van der Waals surface area contributed by atoms with Crippen LogP contribution in [0.5, 0.6) is 0 Å². The second-order valence-corrected chi connectivity index (χ2v) is 8.62. The van der Waals surface area contributed by atoms with Crippen molar-refractivity contribution in [1.29, 1.82) is 0 Å². The van der Waals surface area contributed by atoms with Gasteiger partial charge in [0.15, 0.2) is 0 Å². The molecule has 3 saturated carbocycles. The average Bonchev–Trinajstić information content (AvgIpc) is 3.28. The van der Waals surface area contributed by atoms with Gasteiger partial charge >= 0.3 is 0 Å². The summed E-state index contributed by atoms with van der Waals surface area (Å²) < 4.78 is 0. The van der Waals surface area contributed by atoms with E-state index in [1.165, 1.54) is 58.4 Å². The lowest BCUT2D eigenvalue weighted by atomic mass is 9.92. The van der Waals surface area contributed by atoms with Crippen LogP contribution in [0.3, 0.4) is 0 Å². The van der Waals surface area contributed by atoms with Crippen LogP contribution in [0.25, 0.3) is 0 Å². The maximum atomic E-state index is 2.86. The monoisotopic (exact) mass is 286 g/mol. The quantitative estimate of drug-likeness (QED) is 0.736. The SMILES string of the molecule is C1=C[C@@H]2C[C@H]1C[C@@H]2CN1CCN([C@@H]2C[C@@H]3CC[C@@H]2C3)CC1. The molecule has 4 fully saturated rings. The Morgan fingerprint density at radius 2 is 1.76 bits per heavy atom. The summed E-state index contributed by atoms with van der Waals surface area (Å²) in [5.74, 6) is 5.01. The largest absolute Gasteiger partial charge is 0.300 e. The Balaban J connectivity index is 1.13. The molecule has 1 saturated heterocycles. The molecule has 0 unspecified atom stereocenters. The van der Waals surface area contributed by atoms with Crippen LogP contribution in [-0.2, 0) is 0 Å². The molecule has 0 aromatic carbocycles. The van der Waals surface area contributed by atoms with Crippen molar-refractivity contribution < 1.29 is 0 Å². The van der Waals surface area contributed by atoms with Crippen LogP contribution in [-0.4, -0.2) is 48.6 Å². The maximum absolute atomic E-state index is 2.86. The number of hydrogen-bond acceptors (Lipinski definition) is 2. The Morgan fingerprint density at radius 3 is 2.38 bits per heavy atom. The maximum Gasteiger partial charge on any atom is 0.0127 e. The van der Waals surface area contributed by atoms with Crippen LogP contribution < -0.4 is 0 Å². The summed E-state index contributed by atoms with van der Waals surface area (Å²) in [4.78, 5) is 5.64. The van der Waals surface area contributed by atoms with Crippen molar-refractivity contribution in [2.24, 2.45) is 29.6 Å². The van der Waals surface area contributed by atoms with Gasteiger partial charge in [-0.2, -0.15) is 0 Å². The fraction of sp³-hybridized carbons (Fsp3) is 0.895. The number of rotatable bonds is 3. The molecular weight excluding hydrogens is 256 g/mol. The van der Waals surface area contributed by atoms with Crippen molar-refractivity contribution in [2.45, 2.75) is 44.6 Å². The van der Waals surface area contributed by atoms with Crippen LogP contribution in [0.2, 0.25) is 0 Å². The highest BCUT2D eigenvalue weighted by atomic mass is 15.3. The lowest BCUT2D eigenvalue weighted by Gasteiger charge is -2.42. The first-order valence-corrected chi connectivity index (χ1v) is 9.50. The summed E-state index contributed by atoms with van der Waals surface area (Å²) in [6.07, 6.45) is 14.1. The lowest BCUT2D eigenvalue weighted by molar-refractivity contribution is 0.0618. The zero-order chi connectivity index (χ0) is 13.8. The Morgan fingerprint density at radius 1 is 0.857 bits per heavy atom. The Labute approximate surface area is 129 Å². The zero-order valence-electron chi connectivity index (χ0n) is 13.3. The number of fused-ring (bicyclic) bond motifs is 4. The number of piperazine rings is 1. The standard InChI is InChI=1S/C19H30N2/c1-3-16-9-14(1)11-18(16)13-20-5-7-21(8-6-20)19-12-15-2-4-17(19)10-15/h1,3,14-19H,2,4-13H2/t14-,15+,16+,17+,18+,19+/m0/s1. The first kappa shape index (κ1) is 13.1. The Bertz CT molecular complexity index is 423. The normalized spacial score (nSPS) is 49.5. The second kappa shape index (κ2) is 5.09. The van der Waals surface area contributed by atoms with Gasteiger partial charge in [-0.1, -0.05) is 18.6 Å². The summed E-state index contributed by atoms with van der Waals surface area (Å²) >= 11 is 0. The van der Waals surface area contributed by atoms with Gasteiger partial charge in [0.1, 0.15) is 0 Å². The smallest absolute Gasteiger partial charge is 0.0127 e. The lowest BCUT2D eigenvalue weighted by Crippen LogP contribution is -2.52. The molecule has 21 heavy (non-hydrogen) atoms. The van der Waals surface area contributed by atoms with E-state index in [9.17, 15) is 0 Å². The van der Waals surface area contributed by atoms with E-state index in [1.54, 1.807) is 12.8 Å². The minimum atomic E-state index is 0.929. The molecule has 0 aromatic heterocycles. The van der Waals surface area contributed by atoms with E-state index in [1.807, 2.05) is 0 Å². The van der Waals surface area contributed by atoms with E-state index in [0.717, 1.165) is 35.6 Å². The molecule has 0 radical (unpaired) electrons. The molecule has 6 atom stereocenters. The predicted molar refractivity (Wildman–Crippen MR) is 86.1 cm³/mol. The predicted octanol–water partition coefficient (Wildman–Crippen LogP) is 3.00. The number of hydrogen-bond donors (Lipinski definition) is 0. The average molecular weight is 286 g/mol. The molecule has 2 nitrogen and oxygen atoms in total. The van der Waals surface area contributed by atoms with Gasteiger partial charge in [0.25, 0.3) is 0 Å². The van der Waals surface area contributed by atoms with E-state index in [-0.39, 0.29) is 0 Å². The van der Waals surface area contributed by atoms with Crippen molar-refractivity contribution in [3.63, 3.8) is 0 Å². The van der Waals surface area contributed by atoms with Crippen molar-refractivity contribution in [1.82, 2.24) is 9.80 Å². The van der Waals surface area contributed by atoms with E-state index in [0.29, 0.717) is 0 Å². The van der Waals surface area contributed by atoms with Crippen molar-refractivity contribution in [3.8, 4) is 0 Å². The number of nitrogens with zero attached hydrogens (tertiary/aromatic N) is 2. The molecule has 4 bridgehead atoms. The highest BCUT2D eigenvalue weighted by Crippen LogP contribution is 2.47. The summed E-state index contributed by atoms with van der Waals surface area (Å²) in [6, 6.07) is 0.969. The Kier molecular flexibility index (Phi) is 3.19. The first-order valence-electron chi connectivity index (χ1n) is 9.50. The second-order valence-electron chi connectivity index (χ2n) is 8.62. The molecule has 4 aliphatic carbocycles. The molecular formula is C19H30N2. The van der Waals surface area contributed by atoms with Crippen LogP contribution in [0.4, 0.5) is 0 Å². The molecule has 0 spiro atoms. The molecule has 1 aliphatic heterocycles. The van der Waals surface area contributed by atoms with Crippen LogP contribution in [0.1, 0.15) is 38.5 Å². The molecule has 0 aromatic rings. The summed E-state index contributed by atoms with van der Waals surface area (Å²) in [5.41, 5.74) is 0. The molecule has 2 heteroatoms. The van der Waals surface area contributed by atoms with E-state index >= 15 is 0 Å².